The predicted molar refractivity (Wildman–Crippen MR) is 57.5 cm³/mol. The van der Waals surface area contributed by atoms with E-state index in [-0.39, 0.29) is 9.90 Å². The summed E-state index contributed by atoms with van der Waals surface area (Å²) in [5, 5.41) is 9.13. The highest BCUT2D eigenvalue weighted by molar-refractivity contribution is 9.12. The minimum absolute atomic E-state index is 0.165. The molecule has 0 spiro atoms. The van der Waals surface area contributed by atoms with Crippen LogP contribution in [0.2, 0.25) is 0 Å². The van der Waals surface area contributed by atoms with Gasteiger partial charge in [0.1, 0.15) is 0 Å². The third kappa shape index (κ3) is 1.93. The molecule has 1 atom stereocenters. The van der Waals surface area contributed by atoms with Crippen LogP contribution in [0.5, 0.6) is 0 Å². The topological polar surface area (TPSA) is 63.6 Å². The van der Waals surface area contributed by atoms with E-state index >= 15 is 0 Å². The Labute approximate surface area is 96.4 Å². The molecule has 0 amide bonds. The van der Waals surface area contributed by atoms with Crippen molar-refractivity contribution in [3.63, 3.8) is 0 Å². The summed E-state index contributed by atoms with van der Waals surface area (Å²) >= 11 is 3.02. The van der Waals surface area contributed by atoms with Gasteiger partial charge in [0.05, 0.1) is 17.0 Å². The van der Waals surface area contributed by atoms with E-state index in [2.05, 4.69) is 20.7 Å². The molecule has 0 radical (unpaired) electrons. The fourth-order valence-electron chi connectivity index (χ4n) is 1.70. The minimum atomic E-state index is -0.944. The van der Waals surface area contributed by atoms with Gasteiger partial charge in [0.2, 0.25) is 0 Å². The van der Waals surface area contributed by atoms with E-state index in [0.717, 1.165) is 0 Å². The molecule has 0 saturated heterocycles. The van der Waals surface area contributed by atoms with Gasteiger partial charge in [-0.05, 0) is 33.8 Å². The van der Waals surface area contributed by atoms with Crippen molar-refractivity contribution in [1.82, 2.24) is 0 Å². The first-order valence-corrected chi connectivity index (χ1v) is 5.26. The SMILES string of the molecule is COC(=O)C(Br)=CC1(C(=O)O)CC1(C)C. The highest BCUT2D eigenvalue weighted by Crippen LogP contribution is 2.65. The molecule has 1 fully saturated rings. The van der Waals surface area contributed by atoms with Crippen LogP contribution in [0, 0.1) is 10.8 Å². The van der Waals surface area contributed by atoms with Gasteiger partial charge in [0.15, 0.2) is 0 Å². The fraction of sp³-hybridized carbons (Fsp3) is 0.600. The molecule has 5 heteroatoms. The summed E-state index contributed by atoms with van der Waals surface area (Å²) in [5.74, 6) is -1.47. The first kappa shape index (κ1) is 12.2. The molecule has 0 heterocycles. The number of halogens is 1. The van der Waals surface area contributed by atoms with Gasteiger partial charge in [-0.2, -0.15) is 0 Å². The van der Waals surface area contributed by atoms with Crippen molar-refractivity contribution >= 4 is 27.9 Å². The molecule has 1 aliphatic rings. The van der Waals surface area contributed by atoms with Crippen molar-refractivity contribution < 1.29 is 19.4 Å². The number of carboxylic acids is 1. The average Bonchev–Trinajstić information content (AvgIpc) is 2.68. The maximum absolute atomic E-state index is 11.1. The molecule has 0 aromatic rings. The second-order valence-corrected chi connectivity index (χ2v) is 5.18. The van der Waals surface area contributed by atoms with Crippen LogP contribution in [0.4, 0.5) is 0 Å². The zero-order valence-corrected chi connectivity index (χ0v) is 10.4. The monoisotopic (exact) mass is 276 g/mol. The van der Waals surface area contributed by atoms with Crippen LogP contribution in [0.25, 0.3) is 0 Å². The molecule has 0 aromatic heterocycles. The van der Waals surface area contributed by atoms with Crippen molar-refractivity contribution in [2.75, 3.05) is 7.11 Å². The van der Waals surface area contributed by atoms with Crippen molar-refractivity contribution in [2.45, 2.75) is 20.3 Å². The number of rotatable bonds is 3. The van der Waals surface area contributed by atoms with Gasteiger partial charge < -0.3 is 9.84 Å². The highest BCUT2D eigenvalue weighted by atomic mass is 79.9. The molecule has 1 unspecified atom stereocenters. The van der Waals surface area contributed by atoms with E-state index in [1.807, 2.05) is 13.8 Å². The van der Waals surface area contributed by atoms with Crippen LogP contribution < -0.4 is 0 Å². The number of esters is 1. The molecule has 1 saturated carbocycles. The van der Waals surface area contributed by atoms with Crippen molar-refractivity contribution in [3.8, 4) is 0 Å². The Morgan fingerprint density at radius 1 is 1.47 bits per heavy atom. The van der Waals surface area contributed by atoms with Gasteiger partial charge in [-0.3, -0.25) is 4.79 Å². The van der Waals surface area contributed by atoms with Crippen LogP contribution in [0.1, 0.15) is 20.3 Å². The van der Waals surface area contributed by atoms with Gasteiger partial charge in [-0.15, -0.1) is 0 Å². The molecular weight excluding hydrogens is 264 g/mol. The number of carbonyl (C=O) groups is 2. The molecule has 1 rings (SSSR count). The van der Waals surface area contributed by atoms with Gasteiger partial charge >= 0.3 is 11.9 Å². The second-order valence-electron chi connectivity index (χ2n) is 4.32. The summed E-state index contributed by atoms with van der Waals surface area (Å²) in [6.45, 7) is 3.71. The normalized spacial score (nSPS) is 28.4. The van der Waals surface area contributed by atoms with Gasteiger partial charge in [0.25, 0.3) is 0 Å². The van der Waals surface area contributed by atoms with E-state index in [4.69, 9.17) is 5.11 Å². The summed E-state index contributed by atoms with van der Waals surface area (Å²) in [7, 11) is 1.25. The number of carboxylic acid groups (broad SMARTS) is 1. The molecule has 84 valence electrons. The summed E-state index contributed by atoms with van der Waals surface area (Å²) in [5.41, 5.74) is -1.26. The van der Waals surface area contributed by atoms with Crippen LogP contribution >= 0.6 is 15.9 Å². The highest BCUT2D eigenvalue weighted by Gasteiger charge is 2.65. The van der Waals surface area contributed by atoms with E-state index in [0.29, 0.717) is 6.42 Å². The Balaban J connectivity index is 2.98. The Kier molecular flexibility index (Phi) is 2.96. The molecule has 0 aliphatic heterocycles. The predicted octanol–water partition coefficient (Wildman–Crippen LogP) is 1.94. The largest absolute Gasteiger partial charge is 0.481 e. The third-order valence-electron chi connectivity index (χ3n) is 2.94. The third-order valence-corrected chi connectivity index (χ3v) is 3.49. The Hall–Kier alpha value is -0.840. The molecular formula is C10H13BrO4. The quantitative estimate of drug-likeness (QED) is 0.632. The Morgan fingerprint density at radius 2 is 1.93 bits per heavy atom. The smallest absolute Gasteiger partial charge is 0.344 e. The number of hydrogen-bond donors (Lipinski definition) is 1. The van der Waals surface area contributed by atoms with E-state index in [1.54, 1.807) is 0 Å². The van der Waals surface area contributed by atoms with Crippen LogP contribution in [0.15, 0.2) is 10.6 Å². The lowest BCUT2D eigenvalue weighted by Crippen LogP contribution is -2.19. The van der Waals surface area contributed by atoms with Crippen molar-refractivity contribution in [1.29, 1.82) is 0 Å². The summed E-state index contributed by atoms with van der Waals surface area (Å²) in [4.78, 5) is 22.2. The minimum Gasteiger partial charge on any atom is -0.481 e. The maximum atomic E-state index is 11.1. The van der Waals surface area contributed by atoms with Gasteiger partial charge in [-0.25, -0.2) is 4.79 Å². The lowest BCUT2D eigenvalue weighted by molar-refractivity contribution is -0.142. The van der Waals surface area contributed by atoms with E-state index in [9.17, 15) is 9.59 Å². The molecule has 0 bridgehead atoms. The molecule has 4 nitrogen and oxygen atoms in total. The summed E-state index contributed by atoms with van der Waals surface area (Å²) in [6, 6.07) is 0. The summed E-state index contributed by atoms with van der Waals surface area (Å²) in [6.07, 6.45) is 1.96. The standard InChI is InChI=1S/C10H13BrO4/c1-9(2)5-10(9,8(13)14)4-6(11)7(12)15-3/h4H,5H2,1-3H3,(H,13,14). The summed E-state index contributed by atoms with van der Waals surface area (Å²) < 4.78 is 4.65. The number of carbonyl (C=O) groups excluding carboxylic acids is 1. The molecule has 1 aliphatic carbocycles. The number of ether oxygens (including phenoxy) is 1. The fourth-order valence-corrected chi connectivity index (χ4v) is 2.25. The van der Waals surface area contributed by atoms with Gasteiger partial charge in [-0.1, -0.05) is 13.8 Å². The zero-order valence-electron chi connectivity index (χ0n) is 8.83. The van der Waals surface area contributed by atoms with E-state index in [1.165, 1.54) is 13.2 Å². The first-order valence-electron chi connectivity index (χ1n) is 4.47. The number of methoxy groups -OCH3 is 1. The van der Waals surface area contributed by atoms with Crippen molar-refractivity contribution in [2.24, 2.45) is 10.8 Å². The number of hydrogen-bond acceptors (Lipinski definition) is 3. The Bertz CT molecular complexity index is 345. The molecule has 0 aromatic carbocycles. The zero-order chi connectivity index (χ0) is 11.9. The molecule has 15 heavy (non-hydrogen) atoms. The van der Waals surface area contributed by atoms with E-state index < -0.39 is 17.4 Å². The van der Waals surface area contributed by atoms with Crippen LogP contribution in [-0.2, 0) is 14.3 Å². The Morgan fingerprint density at radius 3 is 2.20 bits per heavy atom. The van der Waals surface area contributed by atoms with Gasteiger partial charge in [0, 0.05) is 0 Å². The van der Waals surface area contributed by atoms with Crippen molar-refractivity contribution in [3.05, 3.63) is 10.6 Å². The van der Waals surface area contributed by atoms with Crippen LogP contribution in [0.3, 0.4) is 0 Å². The lowest BCUT2D eigenvalue weighted by atomic mass is 9.95. The lowest BCUT2D eigenvalue weighted by Gasteiger charge is -2.11. The second kappa shape index (κ2) is 3.63. The van der Waals surface area contributed by atoms with Crippen LogP contribution in [-0.4, -0.2) is 24.2 Å². The maximum Gasteiger partial charge on any atom is 0.344 e. The first-order chi connectivity index (χ1) is 6.77. The number of aliphatic carboxylic acids is 1. The molecule has 1 N–H and O–H groups in total. The average molecular weight is 277 g/mol.